The van der Waals surface area contributed by atoms with E-state index in [0.29, 0.717) is 5.69 Å². The van der Waals surface area contributed by atoms with E-state index in [9.17, 15) is 9.59 Å². The maximum absolute atomic E-state index is 12.6. The van der Waals surface area contributed by atoms with E-state index >= 15 is 0 Å². The average molecular weight is 337 g/mol. The molecule has 0 radical (unpaired) electrons. The number of nitrogens with zero attached hydrogens (tertiary/aromatic N) is 3. The number of aromatic nitrogens is 2. The van der Waals surface area contributed by atoms with Gasteiger partial charge in [-0.1, -0.05) is 6.07 Å². The predicted molar refractivity (Wildman–Crippen MR) is 89.8 cm³/mol. The molecule has 2 aromatic heterocycles. The van der Waals surface area contributed by atoms with Crippen LogP contribution in [0.2, 0.25) is 0 Å². The number of fused-ring (bicyclic) bond motifs is 3. The third kappa shape index (κ3) is 2.36. The summed E-state index contributed by atoms with van der Waals surface area (Å²) in [5, 5.41) is 11.1. The van der Waals surface area contributed by atoms with Gasteiger partial charge in [-0.2, -0.15) is 5.06 Å². The van der Waals surface area contributed by atoms with Crippen LogP contribution in [-0.2, 0) is 9.63 Å². The Hall–Kier alpha value is -3.19. The van der Waals surface area contributed by atoms with Gasteiger partial charge in [-0.25, -0.2) is 4.79 Å². The molecule has 0 bridgehead atoms. The lowest BCUT2D eigenvalue weighted by Crippen LogP contribution is -2.29. The summed E-state index contributed by atoms with van der Waals surface area (Å²) in [6.45, 7) is 0. The molecule has 0 aliphatic carbocycles. The maximum Gasteiger partial charge on any atom is 0.353 e. The van der Waals surface area contributed by atoms with Crippen molar-refractivity contribution in [2.75, 3.05) is 7.11 Å². The van der Waals surface area contributed by atoms with Crippen LogP contribution in [0.3, 0.4) is 0 Å². The summed E-state index contributed by atoms with van der Waals surface area (Å²) in [7, 11) is 1.36. The van der Waals surface area contributed by atoms with Crippen molar-refractivity contribution in [3.05, 3.63) is 54.5 Å². The Labute approximate surface area is 143 Å². The number of rotatable bonds is 4. The second kappa shape index (κ2) is 5.71. The SMILES string of the molecule is CON1C(=O)n2c(cc3cc(-c4ccncc4)ccc32)C1CC(=O)O. The minimum atomic E-state index is -0.990. The van der Waals surface area contributed by atoms with Gasteiger partial charge in [0.1, 0.15) is 6.04 Å². The fourth-order valence-corrected chi connectivity index (χ4v) is 3.33. The number of carboxylic acids is 1. The molecular formula is C18H15N3O4. The highest BCUT2D eigenvalue weighted by Crippen LogP contribution is 2.38. The second-order valence-electron chi connectivity index (χ2n) is 5.82. The summed E-state index contributed by atoms with van der Waals surface area (Å²) in [5.41, 5.74) is 3.38. The molecule has 1 amide bonds. The van der Waals surface area contributed by atoms with Gasteiger partial charge in [0.05, 0.1) is 24.7 Å². The third-order valence-corrected chi connectivity index (χ3v) is 4.41. The molecule has 7 nitrogen and oxygen atoms in total. The Kier molecular flexibility index (Phi) is 3.51. The van der Waals surface area contributed by atoms with Crippen molar-refractivity contribution in [3.63, 3.8) is 0 Å². The van der Waals surface area contributed by atoms with Crippen molar-refractivity contribution in [2.24, 2.45) is 0 Å². The molecule has 1 N–H and O–H groups in total. The van der Waals surface area contributed by atoms with E-state index in [-0.39, 0.29) is 12.5 Å². The lowest BCUT2D eigenvalue weighted by Gasteiger charge is -2.19. The van der Waals surface area contributed by atoms with Gasteiger partial charge in [0.25, 0.3) is 0 Å². The Morgan fingerprint density at radius 2 is 1.96 bits per heavy atom. The van der Waals surface area contributed by atoms with Crippen LogP contribution in [0.25, 0.3) is 22.0 Å². The zero-order chi connectivity index (χ0) is 17.6. The van der Waals surface area contributed by atoms with E-state index in [2.05, 4.69) is 4.98 Å². The fraction of sp³-hybridized carbons (Fsp3) is 0.167. The molecule has 0 saturated carbocycles. The van der Waals surface area contributed by atoms with Gasteiger partial charge in [0, 0.05) is 17.8 Å². The number of pyridine rings is 1. The molecule has 3 aromatic rings. The van der Waals surface area contributed by atoms with Crippen molar-refractivity contribution in [2.45, 2.75) is 12.5 Å². The molecule has 4 rings (SSSR count). The fourth-order valence-electron chi connectivity index (χ4n) is 3.33. The van der Waals surface area contributed by atoms with Crippen LogP contribution in [0.5, 0.6) is 0 Å². The van der Waals surface area contributed by atoms with Crippen molar-refractivity contribution < 1.29 is 19.5 Å². The number of carbonyl (C=O) groups is 2. The van der Waals surface area contributed by atoms with Crippen LogP contribution in [0.1, 0.15) is 18.2 Å². The largest absolute Gasteiger partial charge is 0.481 e. The molecular weight excluding hydrogens is 322 g/mol. The van der Waals surface area contributed by atoms with Gasteiger partial charge in [0.15, 0.2) is 0 Å². The number of aliphatic carboxylic acids is 1. The second-order valence-corrected chi connectivity index (χ2v) is 5.82. The number of benzene rings is 1. The van der Waals surface area contributed by atoms with Crippen LogP contribution in [-0.4, -0.2) is 38.8 Å². The first-order valence-corrected chi connectivity index (χ1v) is 7.75. The molecule has 0 fully saturated rings. The molecule has 1 aliphatic rings. The summed E-state index contributed by atoms with van der Waals surface area (Å²) >= 11 is 0. The first-order valence-electron chi connectivity index (χ1n) is 7.75. The lowest BCUT2D eigenvalue weighted by molar-refractivity contribution is -0.146. The molecule has 25 heavy (non-hydrogen) atoms. The number of hydrogen-bond acceptors (Lipinski definition) is 4. The summed E-state index contributed by atoms with van der Waals surface area (Å²) < 4.78 is 1.52. The van der Waals surface area contributed by atoms with Crippen molar-refractivity contribution >= 4 is 22.9 Å². The number of hydroxylamine groups is 2. The minimum absolute atomic E-state index is 0.215. The van der Waals surface area contributed by atoms with Crippen molar-refractivity contribution in [3.8, 4) is 11.1 Å². The number of carboxylic acid groups (broad SMARTS) is 1. The van der Waals surface area contributed by atoms with E-state index in [4.69, 9.17) is 9.94 Å². The van der Waals surface area contributed by atoms with E-state index in [0.717, 1.165) is 27.1 Å². The highest BCUT2D eigenvalue weighted by molar-refractivity contribution is 5.97. The van der Waals surface area contributed by atoms with Gasteiger partial charge in [-0.15, -0.1) is 0 Å². The summed E-state index contributed by atoms with van der Waals surface area (Å²) in [5.74, 6) is -0.990. The van der Waals surface area contributed by atoms with Gasteiger partial charge >= 0.3 is 12.0 Å². The van der Waals surface area contributed by atoms with Gasteiger partial charge in [-0.05, 0) is 41.5 Å². The molecule has 3 heterocycles. The van der Waals surface area contributed by atoms with Crippen molar-refractivity contribution in [1.82, 2.24) is 14.6 Å². The Morgan fingerprint density at radius 1 is 1.20 bits per heavy atom. The number of carbonyl (C=O) groups excluding carboxylic acids is 1. The highest BCUT2D eigenvalue weighted by atomic mass is 16.7. The van der Waals surface area contributed by atoms with Crippen LogP contribution < -0.4 is 0 Å². The molecule has 1 aromatic carbocycles. The minimum Gasteiger partial charge on any atom is -0.481 e. The maximum atomic E-state index is 12.6. The van der Waals surface area contributed by atoms with E-state index in [1.54, 1.807) is 12.4 Å². The monoisotopic (exact) mass is 337 g/mol. The smallest absolute Gasteiger partial charge is 0.353 e. The number of amides is 1. The molecule has 0 saturated heterocycles. The predicted octanol–water partition coefficient (Wildman–Crippen LogP) is 3.06. The molecule has 1 atom stereocenters. The third-order valence-electron chi connectivity index (χ3n) is 4.41. The zero-order valence-electron chi connectivity index (χ0n) is 13.4. The highest BCUT2D eigenvalue weighted by Gasteiger charge is 2.40. The van der Waals surface area contributed by atoms with Crippen LogP contribution in [0, 0.1) is 0 Å². The standard InChI is InChI=1S/C18H15N3O4/c1-25-21-16(10-17(22)23)15-9-13-8-12(11-4-6-19-7-5-11)2-3-14(13)20(15)18(21)24/h2-9,16H,10H2,1H3,(H,22,23). The summed E-state index contributed by atoms with van der Waals surface area (Å²) in [6.07, 6.45) is 3.23. The first kappa shape index (κ1) is 15.3. The molecule has 7 heteroatoms. The quantitative estimate of drug-likeness (QED) is 0.791. The Bertz CT molecular complexity index is 981. The van der Waals surface area contributed by atoms with E-state index < -0.39 is 12.0 Å². The summed E-state index contributed by atoms with van der Waals surface area (Å²) in [6, 6.07) is 10.4. The van der Waals surface area contributed by atoms with Crippen LogP contribution in [0.15, 0.2) is 48.8 Å². The molecule has 0 spiro atoms. The Morgan fingerprint density at radius 3 is 2.64 bits per heavy atom. The molecule has 126 valence electrons. The molecule has 1 unspecified atom stereocenters. The van der Waals surface area contributed by atoms with Gasteiger partial charge in [0.2, 0.25) is 0 Å². The van der Waals surface area contributed by atoms with Gasteiger partial charge in [-0.3, -0.25) is 19.2 Å². The van der Waals surface area contributed by atoms with Crippen LogP contribution in [0.4, 0.5) is 4.79 Å². The normalized spacial score (nSPS) is 16.4. The zero-order valence-corrected chi connectivity index (χ0v) is 13.4. The van der Waals surface area contributed by atoms with Crippen LogP contribution >= 0.6 is 0 Å². The topological polar surface area (TPSA) is 84.7 Å². The number of hydrogen-bond donors (Lipinski definition) is 1. The Balaban J connectivity index is 1.85. The average Bonchev–Trinajstić information content (AvgIpc) is 3.10. The first-order chi connectivity index (χ1) is 12.1. The molecule has 1 aliphatic heterocycles. The lowest BCUT2D eigenvalue weighted by atomic mass is 10.0. The van der Waals surface area contributed by atoms with E-state index in [1.165, 1.54) is 11.7 Å². The van der Waals surface area contributed by atoms with Crippen molar-refractivity contribution in [1.29, 1.82) is 0 Å². The summed E-state index contributed by atoms with van der Waals surface area (Å²) in [4.78, 5) is 32.9. The van der Waals surface area contributed by atoms with E-state index in [1.807, 2.05) is 36.4 Å². The van der Waals surface area contributed by atoms with Gasteiger partial charge < -0.3 is 5.11 Å².